The molecule has 21 heavy (non-hydrogen) atoms. The number of thiophene rings is 1. The van der Waals surface area contributed by atoms with Crippen LogP contribution >= 0.6 is 11.3 Å². The summed E-state index contributed by atoms with van der Waals surface area (Å²) in [6.07, 6.45) is 0. The van der Waals surface area contributed by atoms with Gasteiger partial charge >= 0.3 is 5.97 Å². The normalized spacial score (nSPS) is 10.7. The molecule has 0 aliphatic rings. The van der Waals surface area contributed by atoms with Gasteiger partial charge in [-0.15, -0.1) is 11.3 Å². The van der Waals surface area contributed by atoms with Gasteiger partial charge in [0.1, 0.15) is 10.6 Å². The summed E-state index contributed by atoms with van der Waals surface area (Å²) in [5.41, 5.74) is 6.38. The largest absolute Gasteiger partial charge is 0.465 e. The molecule has 7 heteroatoms. The molecule has 6 nitrogen and oxygen atoms in total. The number of methoxy groups -OCH3 is 1. The fourth-order valence-corrected chi connectivity index (χ4v) is 2.92. The Kier molecular flexibility index (Phi) is 6.64. The third kappa shape index (κ3) is 4.18. The third-order valence-electron chi connectivity index (χ3n) is 2.82. The van der Waals surface area contributed by atoms with E-state index in [4.69, 9.17) is 15.2 Å². The number of hydrogen-bond acceptors (Lipinski definition) is 7. The molecule has 1 aromatic heterocycles. The molecule has 0 aromatic carbocycles. The van der Waals surface area contributed by atoms with Crippen molar-refractivity contribution in [3.8, 4) is 0 Å². The molecule has 1 heterocycles. The van der Waals surface area contributed by atoms with Gasteiger partial charge in [0.05, 0.1) is 24.3 Å². The zero-order chi connectivity index (χ0) is 16.0. The first-order chi connectivity index (χ1) is 9.93. The van der Waals surface area contributed by atoms with E-state index in [0.717, 1.165) is 0 Å². The highest BCUT2D eigenvalue weighted by atomic mass is 32.1. The molecular formula is C14H22N2O4S. The third-order valence-corrected chi connectivity index (χ3v) is 4.00. The molecule has 0 radical (unpaired) electrons. The van der Waals surface area contributed by atoms with E-state index in [0.29, 0.717) is 29.6 Å². The van der Waals surface area contributed by atoms with Crippen LogP contribution in [0.4, 0.5) is 10.7 Å². The Morgan fingerprint density at radius 1 is 1.38 bits per heavy atom. The fraction of sp³-hybridized carbons (Fsp3) is 0.571. The summed E-state index contributed by atoms with van der Waals surface area (Å²) in [7, 11) is 1.29. The minimum absolute atomic E-state index is 0.0829. The second-order valence-corrected chi connectivity index (χ2v) is 5.70. The maximum absolute atomic E-state index is 12.1. The number of carbonyl (C=O) groups is 2. The Bertz CT molecular complexity index is 511. The lowest BCUT2D eigenvalue weighted by Crippen LogP contribution is -2.12. The number of Topliss-reactive ketones (excluding diaryl/α,β-unsaturated/α-hetero) is 1. The summed E-state index contributed by atoms with van der Waals surface area (Å²) in [6.45, 7) is 7.14. The summed E-state index contributed by atoms with van der Waals surface area (Å²) in [5, 5.41) is 3.62. The number of rotatable bonds is 8. The lowest BCUT2D eigenvalue weighted by Gasteiger charge is -2.06. The number of carbonyl (C=O) groups excluding carboxylic acids is 2. The van der Waals surface area contributed by atoms with Crippen molar-refractivity contribution >= 4 is 33.8 Å². The number of nitrogens with two attached hydrogens (primary N) is 1. The van der Waals surface area contributed by atoms with Gasteiger partial charge in [-0.25, -0.2) is 4.79 Å². The second kappa shape index (κ2) is 7.99. The van der Waals surface area contributed by atoms with Crippen LogP contribution < -0.4 is 11.1 Å². The van der Waals surface area contributed by atoms with Crippen LogP contribution in [0.3, 0.4) is 0 Å². The number of ether oxygens (including phenoxy) is 2. The summed E-state index contributed by atoms with van der Waals surface area (Å²) >= 11 is 1.18. The van der Waals surface area contributed by atoms with Crippen molar-refractivity contribution in [1.82, 2.24) is 0 Å². The Labute approximate surface area is 128 Å². The summed E-state index contributed by atoms with van der Waals surface area (Å²) in [5.74, 6) is -0.821. The molecule has 0 unspecified atom stereocenters. The molecule has 1 aromatic rings. The number of esters is 1. The van der Waals surface area contributed by atoms with Crippen molar-refractivity contribution in [2.75, 3.05) is 37.9 Å². The smallest absolute Gasteiger partial charge is 0.343 e. The van der Waals surface area contributed by atoms with Gasteiger partial charge in [-0.05, 0) is 6.92 Å². The van der Waals surface area contributed by atoms with E-state index in [-0.39, 0.29) is 23.0 Å². The van der Waals surface area contributed by atoms with E-state index in [1.165, 1.54) is 18.4 Å². The summed E-state index contributed by atoms with van der Waals surface area (Å²) < 4.78 is 9.98. The average molecular weight is 314 g/mol. The highest BCUT2D eigenvalue weighted by molar-refractivity contribution is 7.19. The molecule has 0 fully saturated rings. The Morgan fingerprint density at radius 2 is 2.05 bits per heavy atom. The average Bonchev–Trinajstić information content (AvgIpc) is 2.78. The molecule has 3 N–H and O–H groups in total. The van der Waals surface area contributed by atoms with Crippen LogP contribution in [0.1, 0.15) is 40.8 Å². The van der Waals surface area contributed by atoms with Crippen LogP contribution in [0.5, 0.6) is 0 Å². The highest BCUT2D eigenvalue weighted by Gasteiger charge is 2.27. The lowest BCUT2D eigenvalue weighted by atomic mass is 10.1. The Morgan fingerprint density at radius 3 is 2.57 bits per heavy atom. The molecule has 0 saturated carbocycles. The topological polar surface area (TPSA) is 90.6 Å². The van der Waals surface area contributed by atoms with E-state index in [1.54, 1.807) is 13.8 Å². The standard InChI is InChI=1S/C14H22N2O4S/c1-5-20-7-6-16-13-9(14(18)19-4)10(15)12(21-13)11(17)8(2)3/h8,16H,5-7,15H2,1-4H3. The van der Waals surface area contributed by atoms with Crippen LogP contribution in [-0.2, 0) is 9.47 Å². The first kappa shape index (κ1) is 17.5. The highest BCUT2D eigenvalue weighted by Crippen LogP contribution is 2.37. The van der Waals surface area contributed by atoms with Crippen LogP contribution in [0.2, 0.25) is 0 Å². The van der Waals surface area contributed by atoms with Crippen molar-refractivity contribution in [2.24, 2.45) is 5.92 Å². The van der Waals surface area contributed by atoms with Gasteiger partial charge in [-0.2, -0.15) is 0 Å². The van der Waals surface area contributed by atoms with Gasteiger partial charge in [0.2, 0.25) is 0 Å². The van der Waals surface area contributed by atoms with Crippen LogP contribution in [0.25, 0.3) is 0 Å². The van der Waals surface area contributed by atoms with Crippen LogP contribution in [-0.4, -0.2) is 38.6 Å². The number of nitrogens with one attached hydrogen (secondary N) is 1. The molecule has 0 aliphatic heterocycles. The van der Waals surface area contributed by atoms with Gasteiger partial charge in [0.15, 0.2) is 5.78 Å². The van der Waals surface area contributed by atoms with Crippen LogP contribution in [0.15, 0.2) is 0 Å². The van der Waals surface area contributed by atoms with Crippen molar-refractivity contribution in [3.05, 3.63) is 10.4 Å². The quantitative estimate of drug-likeness (QED) is 0.435. The molecule has 0 bridgehead atoms. The van der Waals surface area contributed by atoms with E-state index in [1.807, 2.05) is 6.92 Å². The SMILES string of the molecule is CCOCCNc1sc(C(=O)C(C)C)c(N)c1C(=O)OC. The maximum atomic E-state index is 12.1. The van der Waals surface area contributed by atoms with E-state index in [2.05, 4.69) is 5.32 Å². The van der Waals surface area contributed by atoms with E-state index in [9.17, 15) is 9.59 Å². The van der Waals surface area contributed by atoms with E-state index < -0.39 is 5.97 Å². The predicted molar refractivity (Wildman–Crippen MR) is 84.2 cm³/mol. The molecule has 0 aliphatic carbocycles. The zero-order valence-electron chi connectivity index (χ0n) is 12.8. The van der Waals surface area contributed by atoms with Crippen molar-refractivity contribution in [1.29, 1.82) is 0 Å². The summed E-state index contributed by atoms with van der Waals surface area (Å²) in [6, 6.07) is 0. The number of ketones is 1. The van der Waals surface area contributed by atoms with Gasteiger partial charge in [-0.3, -0.25) is 4.79 Å². The summed E-state index contributed by atoms with van der Waals surface area (Å²) in [4.78, 5) is 24.4. The van der Waals surface area contributed by atoms with Crippen LogP contribution in [0, 0.1) is 5.92 Å². The Hall–Kier alpha value is -1.60. The fourth-order valence-electron chi connectivity index (χ4n) is 1.70. The molecule has 0 amide bonds. The molecular weight excluding hydrogens is 292 g/mol. The van der Waals surface area contributed by atoms with Gasteiger partial charge in [0, 0.05) is 19.1 Å². The molecule has 0 atom stereocenters. The minimum Gasteiger partial charge on any atom is -0.465 e. The first-order valence-electron chi connectivity index (χ1n) is 6.80. The van der Waals surface area contributed by atoms with E-state index >= 15 is 0 Å². The molecule has 0 spiro atoms. The van der Waals surface area contributed by atoms with Gasteiger partial charge < -0.3 is 20.5 Å². The van der Waals surface area contributed by atoms with Crippen molar-refractivity contribution in [2.45, 2.75) is 20.8 Å². The molecule has 1 rings (SSSR count). The van der Waals surface area contributed by atoms with Gasteiger partial charge in [0.25, 0.3) is 0 Å². The Balaban J connectivity index is 3.06. The maximum Gasteiger partial charge on any atom is 0.343 e. The molecule has 0 saturated heterocycles. The predicted octanol–water partition coefficient (Wildman–Crippen LogP) is 2.40. The minimum atomic E-state index is -0.550. The van der Waals surface area contributed by atoms with Crippen molar-refractivity contribution < 1.29 is 19.1 Å². The van der Waals surface area contributed by atoms with Gasteiger partial charge in [-0.1, -0.05) is 13.8 Å². The zero-order valence-corrected chi connectivity index (χ0v) is 13.6. The number of nitrogen functional groups attached to an aromatic ring is 1. The second-order valence-electron chi connectivity index (χ2n) is 4.68. The lowest BCUT2D eigenvalue weighted by molar-refractivity contribution is 0.0603. The van der Waals surface area contributed by atoms with Crippen molar-refractivity contribution in [3.63, 3.8) is 0 Å². The monoisotopic (exact) mass is 314 g/mol. The molecule has 118 valence electrons. The first-order valence-corrected chi connectivity index (χ1v) is 7.62. The number of anilines is 2. The number of hydrogen-bond donors (Lipinski definition) is 2.